The second-order valence-corrected chi connectivity index (χ2v) is 5.96. The van der Waals surface area contributed by atoms with Crippen molar-refractivity contribution in [2.75, 3.05) is 0 Å². The highest BCUT2D eigenvalue weighted by Gasteiger charge is 2.50. The standard InChI is InChI=1S/C12H24/c1-9(2)12(6,10-7-8-10)11(3,4)5/h9-10H,7-8H2,1-6H3/t12-/m0/s1. The summed E-state index contributed by atoms with van der Waals surface area (Å²) in [5.41, 5.74) is 1.01. The van der Waals surface area contributed by atoms with E-state index in [1.807, 2.05) is 0 Å². The van der Waals surface area contributed by atoms with Gasteiger partial charge in [0, 0.05) is 0 Å². The van der Waals surface area contributed by atoms with E-state index in [4.69, 9.17) is 0 Å². The minimum Gasteiger partial charge on any atom is -0.0622 e. The van der Waals surface area contributed by atoms with Crippen LogP contribution in [0.25, 0.3) is 0 Å². The summed E-state index contributed by atoms with van der Waals surface area (Å²) in [6, 6.07) is 0. The fourth-order valence-corrected chi connectivity index (χ4v) is 2.63. The Hall–Kier alpha value is 0. The summed E-state index contributed by atoms with van der Waals surface area (Å²) in [7, 11) is 0. The first-order valence-corrected chi connectivity index (χ1v) is 5.30. The summed E-state index contributed by atoms with van der Waals surface area (Å²) in [6.07, 6.45) is 2.93. The molecule has 0 aromatic carbocycles. The van der Waals surface area contributed by atoms with E-state index in [1.54, 1.807) is 0 Å². The van der Waals surface area contributed by atoms with Gasteiger partial charge in [-0.15, -0.1) is 0 Å². The molecule has 0 heterocycles. The van der Waals surface area contributed by atoms with Gasteiger partial charge in [-0.05, 0) is 35.5 Å². The summed E-state index contributed by atoms with van der Waals surface area (Å²) in [4.78, 5) is 0. The van der Waals surface area contributed by atoms with E-state index < -0.39 is 0 Å². The van der Waals surface area contributed by atoms with Gasteiger partial charge < -0.3 is 0 Å². The Balaban J connectivity index is 2.85. The molecule has 0 amide bonds. The molecular formula is C12H24. The van der Waals surface area contributed by atoms with Gasteiger partial charge in [-0.3, -0.25) is 0 Å². The van der Waals surface area contributed by atoms with Gasteiger partial charge in [0.15, 0.2) is 0 Å². The van der Waals surface area contributed by atoms with Gasteiger partial charge in [0.25, 0.3) is 0 Å². The van der Waals surface area contributed by atoms with Crippen molar-refractivity contribution in [2.24, 2.45) is 22.7 Å². The lowest BCUT2D eigenvalue weighted by atomic mass is 9.59. The average Bonchev–Trinajstić information content (AvgIpc) is 2.63. The molecule has 1 atom stereocenters. The van der Waals surface area contributed by atoms with Crippen molar-refractivity contribution in [1.82, 2.24) is 0 Å². The Kier molecular flexibility index (Phi) is 2.31. The molecule has 1 fully saturated rings. The van der Waals surface area contributed by atoms with E-state index in [0.29, 0.717) is 10.8 Å². The normalized spacial score (nSPS) is 24.2. The fourth-order valence-electron chi connectivity index (χ4n) is 2.63. The third-order valence-corrected chi connectivity index (χ3v) is 4.24. The predicted octanol–water partition coefficient (Wildman–Crippen LogP) is 4.10. The lowest BCUT2D eigenvalue weighted by Crippen LogP contribution is -2.39. The average molecular weight is 168 g/mol. The Labute approximate surface area is 77.7 Å². The van der Waals surface area contributed by atoms with Crippen molar-refractivity contribution in [2.45, 2.75) is 54.4 Å². The zero-order valence-corrected chi connectivity index (χ0v) is 9.57. The molecule has 0 aromatic heterocycles. The largest absolute Gasteiger partial charge is 0.0622 e. The maximum atomic E-state index is 2.48. The van der Waals surface area contributed by atoms with Crippen LogP contribution in [0.4, 0.5) is 0 Å². The zero-order chi connectivity index (χ0) is 9.57. The molecular weight excluding hydrogens is 144 g/mol. The minimum absolute atomic E-state index is 0.461. The summed E-state index contributed by atoms with van der Waals surface area (Å²) in [5, 5.41) is 0. The lowest BCUT2D eigenvalue weighted by molar-refractivity contribution is 0.0262. The Morgan fingerprint density at radius 1 is 1.00 bits per heavy atom. The third-order valence-electron chi connectivity index (χ3n) is 4.24. The number of hydrogen-bond donors (Lipinski definition) is 0. The summed E-state index contributed by atoms with van der Waals surface area (Å²) in [6.45, 7) is 14.4. The topological polar surface area (TPSA) is 0 Å². The van der Waals surface area contributed by atoms with Crippen molar-refractivity contribution in [3.05, 3.63) is 0 Å². The zero-order valence-electron chi connectivity index (χ0n) is 9.57. The molecule has 1 saturated carbocycles. The van der Waals surface area contributed by atoms with Gasteiger partial charge in [0.2, 0.25) is 0 Å². The number of hydrogen-bond acceptors (Lipinski definition) is 0. The van der Waals surface area contributed by atoms with Gasteiger partial charge in [-0.1, -0.05) is 41.5 Å². The fraction of sp³-hybridized carbons (Fsp3) is 1.00. The molecule has 0 radical (unpaired) electrons. The molecule has 0 saturated heterocycles. The Morgan fingerprint density at radius 3 is 1.50 bits per heavy atom. The first-order chi connectivity index (χ1) is 5.30. The van der Waals surface area contributed by atoms with E-state index in [1.165, 1.54) is 12.8 Å². The van der Waals surface area contributed by atoms with E-state index in [2.05, 4.69) is 41.5 Å². The summed E-state index contributed by atoms with van der Waals surface area (Å²) < 4.78 is 0. The van der Waals surface area contributed by atoms with Crippen LogP contribution in [0, 0.1) is 22.7 Å². The maximum absolute atomic E-state index is 2.48. The van der Waals surface area contributed by atoms with E-state index >= 15 is 0 Å². The van der Waals surface area contributed by atoms with Crippen LogP contribution in [0.15, 0.2) is 0 Å². The Bertz CT molecular complexity index is 153. The van der Waals surface area contributed by atoms with Crippen LogP contribution in [0.5, 0.6) is 0 Å². The minimum atomic E-state index is 0.461. The van der Waals surface area contributed by atoms with Gasteiger partial charge in [-0.2, -0.15) is 0 Å². The van der Waals surface area contributed by atoms with E-state index in [9.17, 15) is 0 Å². The van der Waals surface area contributed by atoms with Crippen LogP contribution in [0.2, 0.25) is 0 Å². The van der Waals surface area contributed by atoms with Crippen molar-refractivity contribution < 1.29 is 0 Å². The quantitative estimate of drug-likeness (QED) is 0.582. The molecule has 12 heavy (non-hydrogen) atoms. The van der Waals surface area contributed by atoms with Crippen LogP contribution < -0.4 is 0 Å². The molecule has 0 unspecified atom stereocenters. The van der Waals surface area contributed by atoms with Crippen LogP contribution in [-0.4, -0.2) is 0 Å². The van der Waals surface area contributed by atoms with Gasteiger partial charge in [0.05, 0.1) is 0 Å². The van der Waals surface area contributed by atoms with Crippen molar-refractivity contribution in [3.63, 3.8) is 0 Å². The van der Waals surface area contributed by atoms with E-state index in [-0.39, 0.29) is 0 Å². The lowest BCUT2D eigenvalue weighted by Gasteiger charge is -2.46. The Morgan fingerprint density at radius 2 is 1.42 bits per heavy atom. The first-order valence-electron chi connectivity index (χ1n) is 5.30. The monoisotopic (exact) mass is 168 g/mol. The predicted molar refractivity (Wildman–Crippen MR) is 55.1 cm³/mol. The van der Waals surface area contributed by atoms with Crippen LogP contribution >= 0.6 is 0 Å². The van der Waals surface area contributed by atoms with Crippen molar-refractivity contribution in [3.8, 4) is 0 Å². The molecule has 0 bridgehead atoms. The molecule has 1 aliphatic carbocycles. The molecule has 0 spiro atoms. The molecule has 72 valence electrons. The summed E-state index contributed by atoms with van der Waals surface area (Å²) in [5.74, 6) is 1.81. The molecule has 1 rings (SSSR count). The van der Waals surface area contributed by atoms with Crippen molar-refractivity contribution in [1.29, 1.82) is 0 Å². The maximum Gasteiger partial charge on any atom is -0.0226 e. The van der Waals surface area contributed by atoms with Gasteiger partial charge >= 0.3 is 0 Å². The highest BCUT2D eigenvalue weighted by molar-refractivity contribution is 4.99. The first kappa shape index (κ1) is 10.1. The molecule has 0 aromatic rings. The van der Waals surface area contributed by atoms with Gasteiger partial charge in [0.1, 0.15) is 0 Å². The SMILES string of the molecule is CC(C)[C@@](C)(C1CC1)C(C)(C)C. The van der Waals surface area contributed by atoms with E-state index in [0.717, 1.165) is 11.8 Å². The third kappa shape index (κ3) is 1.41. The van der Waals surface area contributed by atoms with Crippen molar-refractivity contribution >= 4 is 0 Å². The smallest absolute Gasteiger partial charge is 0.0226 e. The highest BCUT2D eigenvalue weighted by atomic mass is 14.5. The van der Waals surface area contributed by atoms with Crippen LogP contribution in [-0.2, 0) is 0 Å². The van der Waals surface area contributed by atoms with Crippen LogP contribution in [0.1, 0.15) is 54.4 Å². The molecule has 0 N–H and O–H groups in total. The van der Waals surface area contributed by atoms with Gasteiger partial charge in [-0.25, -0.2) is 0 Å². The second kappa shape index (κ2) is 2.75. The molecule has 0 heteroatoms. The second-order valence-electron chi connectivity index (χ2n) is 5.96. The highest BCUT2D eigenvalue weighted by Crippen LogP contribution is 2.58. The molecule has 0 nitrogen and oxygen atoms in total. The molecule has 0 aliphatic heterocycles. The number of rotatable bonds is 2. The summed E-state index contributed by atoms with van der Waals surface area (Å²) >= 11 is 0. The molecule has 1 aliphatic rings. The van der Waals surface area contributed by atoms with Crippen LogP contribution in [0.3, 0.4) is 0 Å².